The summed E-state index contributed by atoms with van der Waals surface area (Å²) in [6, 6.07) is -0.820. The van der Waals surface area contributed by atoms with Crippen molar-refractivity contribution in [3.8, 4) is 0 Å². The zero-order valence-electron chi connectivity index (χ0n) is 42.2. The van der Waals surface area contributed by atoms with Crippen LogP contribution in [-0.4, -0.2) is 87.5 Å². The molecule has 0 aromatic carbocycles. The summed E-state index contributed by atoms with van der Waals surface area (Å²) in [6.07, 6.45) is 56.6. The van der Waals surface area contributed by atoms with Gasteiger partial charge in [0.2, 0.25) is 5.91 Å². The van der Waals surface area contributed by atoms with E-state index in [2.05, 4.69) is 79.9 Å². The van der Waals surface area contributed by atoms with Crippen molar-refractivity contribution >= 4 is 5.91 Å². The van der Waals surface area contributed by atoms with Gasteiger partial charge >= 0.3 is 0 Å². The average Bonchev–Trinajstić information content (AvgIpc) is 3.32. The molecule has 7 atom stereocenters. The Bertz CT molecular complexity index is 1260. The first-order valence-electron chi connectivity index (χ1n) is 27.2. The zero-order chi connectivity index (χ0) is 48.0. The van der Waals surface area contributed by atoms with Gasteiger partial charge in [0.25, 0.3) is 0 Å². The first-order valence-corrected chi connectivity index (χ1v) is 27.2. The number of hydrogen-bond donors (Lipinski definition) is 6. The normalized spacial score (nSPS) is 20.4. The van der Waals surface area contributed by atoms with Gasteiger partial charge in [0.05, 0.1) is 25.4 Å². The minimum atomic E-state index is -1.57. The minimum absolute atomic E-state index is 0.197. The molecule has 1 amide bonds. The molecule has 1 aliphatic rings. The Morgan fingerprint density at radius 1 is 0.530 bits per heavy atom. The van der Waals surface area contributed by atoms with E-state index in [0.717, 1.165) is 89.9 Å². The fourth-order valence-electron chi connectivity index (χ4n) is 8.24. The molecule has 0 aromatic heterocycles. The zero-order valence-corrected chi connectivity index (χ0v) is 42.2. The van der Waals surface area contributed by atoms with Crippen LogP contribution in [0.2, 0.25) is 0 Å². The number of nitrogens with one attached hydrogen (secondary N) is 1. The number of rotatable bonds is 45. The molecule has 0 aromatic rings. The maximum atomic E-state index is 13.0. The average molecular weight is 928 g/mol. The highest BCUT2D eigenvalue weighted by molar-refractivity contribution is 5.76. The molecule has 9 nitrogen and oxygen atoms in total. The van der Waals surface area contributed by atoms with Crippen LogP contribution >= 0.6 is 0 Å². The fraction of sp³-hybridized carbons (Fsp3) is 0.772. The molecule has 382 valence electrons. The number of hydrogen-bond acceptors (Lipinski definition) is 8. The Hall–Kier alpha value is -2.37. The number of ether oxygens (including phenoxy) is 2. The molecule has 1 saturated heterocycles. The largest absolute Gasteiger partial charge is 0.394 e. The standard InChI is InChI=1S/C57H101NO8/c1-3-5-7-9-11-13-15-17-19-21-23-25-27-28-30-32-34-36-38-40-42-44-46-51(60)50(49-65-57-56(64)55(63)54(62)52(48-59)66-57)58-53(61)47-45-43-41-39-37-35-33-31-29-26-24-22-20-18-16-14-12-10-8-6-4-2/h6,8,12,14,18,20,24,26,31,33,44,46,50-52,54-57,59-60,62-64H,3-5,7,9-11,13,15-17,19,21-23,25,27-30,32,34-43,45,47-49H2,1-2H3,(H,58,61)/b8-6-,14-12-,20-18-,26-24-,33-31-,46-44+. The van der Waals surface area contributed by atoms with E-state index in [-0.39, 0.29) is 12.5 Å². The van der Waals surface area contributed by atoms with Gasteiger partial charge in [-0.05, 0) is 64.2 Å². The third-order valence-electron chi connectivity index (χ3n) is 12.5. The molecule has 0 radical (unpaired) electrons. The molecule has 0 aliphatic carbocycles. The molecule has 1 heterocycles. The van der Waals surface area contributed by atoms with Crippen LogP contribution in [0.3, 0.4) is 0 Å². The van der Waals surface area contributed by atoms with Gasteiger partial charge in [-0.25, -0.2) is 0 Å². The number of carbonyl (C=O) groups excluding carboxylic acids is 1. The molecule has 0 bridgehead atoms. The van der Waals surface area contributed by atoms with Gasteiger partial charge in [-0.2, -0.15) is 0 Å². The number of aliphatic hydroxyl groups is 5. The number of amides is 1. The quantitative estimate of drug-likeness (QED) is 0.0261. The van der Waals surface area contributed by atoms with E-state index >= 15 is 0 Å². The van der Waals surface area contributed by atoms with Gasteiger partial charge in [0.1, 0.15) is 24.4 Å². The second kappa shape index (κ2) is 46.4. The Balaban J connectivity index is 2.30. The van der Waals surface area contributed by atoms with Crippen molar-refractivity contribution in [2.45, 2.75) is 269 Å². The predicted molar refractivity (Wildman–Crippen MR) is 276 cm³/mol. The van der Waals surface area contributed by atoms with Crippen LogP contribution < -0.4 is 5.32 Å². The van der Waals surface area contributed by atoms with Crippen molar-refractivity contribution in [3.05, 3.63) is 72.9 Å². The Morgan fingerprint density at radius 3 is 1.39 bits per heavy atom. The molecule has 9 heteroatoms. The number of allylic oxidation sites excluding steroid dienone is 11. The van der Waals surface area contributed by atoms with Gasteiger partial charge in [-0.3, -0.25) is 4.79 Å². The lowest BCUT2D eigenvalue weighted by Gasteiger charge is -2.40. The summed E-state index contributed by atoms with van der Waals surface area (Å²) in [6.45, 7) is 3.66. The third-order valence-corrected chi connectivity index (χ3v) is 12.5. The topological polar surface area (TPSA) is 149 Å². The summed E-state index contributed by atoms with van der Waals surface area (Å²) in [7, 11) is 0. The van der Waals surface area contributed by atoms with Crippen LogP contribution in [0, 0.1) is 0 Å². The monoisotopic (exact) mass is 928 g/mol. The minimum Gasteiger partial charge on any atom is -0.394 e. The van der Waals surface area contributed by atoms with Gasteiger partial charge in [-0.1, -0.05) is 228 Å². The predicted octanol–water partition coefficient (Wildman–Crippen LogP) is 12.9. The Labute approximate surface area is 404 Å². The number of aliphatic hydroxyl groups excluding tert-OH is 5. The van der Waals surface area contributed by atoms with Crippen LogP contribution in [0.1, 0.15) is 226 Å². The smallest absolute Gasteiger partial charge is 0.220 e. The summed E-state index contributed by atoms with van der Waals surface area (Å²) in [4.78, 5) is 13.0. The van der Waals surface area contributed by atoms with Crippen LogP contribution in [0.4, 0.5) is 0 Å². The molecule has 1 rings (SSSR count). The molecular formula is C57H101NO8. The molecular weight excluding hydrogens is 827 g/mol. The van der Waals surface area contributed by atoms with Crippen LogP contribution in [0.15, 0.2) is 72.9 Å². The van der Waals surface area contributed by atoms with Gasteiger partial charge in [0, 0.05) is 6.42 Å². The van der Waals surface area contributed by atoms with Crippen molar-refractivity contribution in [1.82, 2.24) is 5.32 Å². The van der Waals surface area contributed by atoms with E-state index in [1.165, 1.54) is 116 Å². The summed E-state index contributed by atoms with van der Waals surface area (Å²) in [5, 5.41) is 54.4. The van der Waals surface area contributed by atoms with Crippen molar-refractivity contribution in [2.75, 3.05) is 13.2 Å². The van der Waals surface area contributed by atoms with Gasteiger partial charge in [0.15, 0.2) is 6.29 Å². The van der Waals surface area contributed by atoms with Gasteiger partial charge < -0.3 is 40.3 Å². The number of carbonyl (C=O) groups is 1. The summed E-state index contributed by atoms with van der Waals surface area (Å²) in [5.41, 5.74) is 0. The molecule has 66 heavy (non-hydrogen) atoms. The first kappa shape index (κ1) is 61.6. The van der Waals surface area contributed by atoms with E-state index in [1.807, 2.05) is 6.08 Å². The van der Waals surface area contributed by atoms with Crippen LogP contribution in [0.25, 0.3) is 0 Å². The number of unbranched alkanes of at least 4 members (excludes halogenated alkanes) is 25. The van der Waals surface area contributed by atoms with Crippen LogP contribution in [-0.2, 0) is 14.3 Å². The second-order valence-corrected chi connectivity index (χ2v) is 18.6. The SMILES string of the molecule is CC/C=C\C/C=C\C/C=C\C/C=C\C/C=C\CCCCCCCC(=O)NC(COC1OC(CO)C(O)C(O)C1O)C(O)/C=C/CCCCCCCCCCCCCCCCCCCCCC. The maximum absolute atomic E-state index is 13.0. The van der Waals surface area contributed by atoms with E-state index in [0.29, 0.717) is 6.42 Å². The van der Waals surface area contributed by atoms with Gasteiger partial charge in [-0.15, -0.1) is 0 Å². The summed E-state index contributed by atoms with van der Waals surface area (Å²) >= 11 is 0. The van der Waals surface area contributed by atoms with Crippen molar-refractivity contribution in [1.29, 1.82) is 0 Å². The molecule has 7 unspecified atom stereocenters. The summed E-state index contributed by atoms with van der Waals surface area (Å²) in [5.74, 6) is -0.197. The Morgan fingerprint density at radius 2 is 0.939 bits per heavy atom. The Kier molecular flexibility index (Phi) is 43.3. The van der Waals surface area contributed by atoms with Crippen molar-refractivity contribution in [2.24, 2.45) is 0 Å². The van der Waals surface area contributed by atoms with E-state index < -0.39 is 49.5 Å². The molecule has 0 spiro atoms. The van der Waals surface area contributed by atoms with Crippen molar-refractivity contribution in [3.63, 3.8) is 0 Å². The highest BCUT2D eigenvalue weighted by atomic mass is 16.7. The van der Waals surface area contributed by atoms with Crippen molar-refractivity contribution < 1.29 is 39.8 Å². The lowest BCUT2D eigenvalue weighted by Crippen LogP contribution is -2.60. The molecule has 6 N–H and O–H groups in total. The third kappa shape index (κ3) is 35.7. The molecule has 1 fully saturated rings. The lowest BCUT2D eigenvalue weighted by molar-refractivity contribution is -0.302. The van der Waals surface area contributed by atoms with E-state index in [4.69, 9.17) is 9.47 Å². The van der Waals surface area contributed by atoms with Crippen LogP contribution in [0.5, 0.6) is 0 Å². The maximum Gasteiger partial charge on any atom is 0.220 e. The van der Waals surface area contributed by atoms with E-state index in [1.54, 1.807) is 6.08 Å². The lowest BCUT2D eigenvalue weighted by atomic mass is 9.99. The van der Waals surface area contributed by atoms with E-state index in [9.17, 15) is 30.3 Å². The fourth-order valence-corrected chi connectivity index (χ4v) is 8.24. The highest BCUT2D eigenvalue weighted by Crippen LogP contribution is 2.23. The first-order chi connectivity index (χ1) is 32.3. The summed E-state index contributed by atoms with van der Waals surface area (Å²) < 4.78 is 11.2. The highest BCUT2D eigenvalue weighted by Gasteiger charge is 2.44. The molecule has 1 aliphatic heterocycles. The molecule has 0 saturated carbocycles. The second-order valence-electron chi connectivity index (χ2n) is 18.6.